The standard InChI is InChI=1S/C20H22ClN3O5S/c1-30(27,28)24(14-19(25)22-17-4-2-3-16(21)13-17)18-7-5-15(6-8-18)20(26)23-9-11-29-12-10-23/h2-8,13H,9-12,14H2,1H3,(H,22,25). The number of halogens is 1. The van der Waals surface area contributed by atoms with Gasteiger partial charge in [0, 0.05) is 29.4 Å². The first-order chi connectivity index (χ1) is 14.2. The van der Waals surface area contributed by atoms with Crippen LogP contribution >= 0.6 is 11.6 Å². The normalized spacial score (nSPS) is 14.3. The van der Waals surface area contributed by atoms with Crippen molar-refractivity contribution in [3.63, 3.8) is 0 Å². The van der Waals surface area contributed by atoms with E-state index < -0.39 is 22.5 Å². The van der Waals surface area contributed by atoms with E-state index in [1.54, 1.807) is 41.3 Å². The first-order valence-corrected chi connectivity index (χ1v) is 11.5. The molecule has 2 aromatic rings. The van der Waals surface area contributed by atoms with Crippen LogP contribution in [0.2, 0.25) is 5.02 Å². The van der Waals surface area contributed by atoms with Crippen LogP contribution < -0.4 is 9.62 Å². The molecule has 10 heteroatoms. The highest BCUT2D eigenvalue weighted by molar-refractivity contribution is 7.92. The lowest BCUT2D eigenvalue weighted by Crippen LogP contribution is -2.40. The summed E-state index contributed by atoms with van der Waals surface area (Å²) in [5.41, 5.74) is 1.20. The van der Waals surface area contributed by atoms with Gasteiger partial charge >= 0.3 is 0 Å². The number of ether oxygens (including phenoxy) is 1. The number of amides is 2. The van der Waals surface area contributed by atoms with Gasteiger partial charge in [0.2, 0.25) is 15.9 Å². The molecule has 0 bridgehead atoms. The lowest BCUT2D eigenvalue weighted by atomic mass is 10.1. The van der Waals surface area contributed by atoms with Crippen molar-refractivity contribution in [2.24, 2.45) is 0 Å². The zero-order valence-corrected chi connectivity index (χ0v) is 17.9. The van der Waals surface area contributed by atoms with Gasteiger partial charge in [-0.25, -0.2) is 8.42 Å². The molecule has 1 fully saturated rings. The summed E-state index contributed by atoms with van der Waals surface area (Å²) in [5, 5.41) is 3.08. The molecule has 1 aliphatic rings. The molecule has 0 saturated carbocycles. The summed E-state index contributed by atoms with van der Waals surface area (Å²) in [5.74, 6) is -0.661. The van der Waals surface area contributed by atoms with Crippen LogP contribution in [0.15, 0.2) is 48.5 Å². The van der Waals surface area contributed by atoms with Crippen molar-refractivity contribution in [1.29, 1.82) is 0 Å². The molecule has 0 aromatic heterocycles. The summed E-state index contributed by atoms with van der Waals surface area (Å²) in [6.07, 6.45) is 1.02. The van der Waals surface area contributed by atoms with Gasteiger partial charge in [-0.05, 0) is 42.5 Å². The first-order valence-electron chi connectivity index (χ1n) is 9.24. The van der Waals surface area contributed by atoms with Crippen LogP contribution in [0.3, 0.4) is 0 Å². The first kappa shape index (κ1) is 22.1. The van der Waals surface area contributed by atoms with Crippen molar-refractivity contribution >= 4 is 44.8 Å². The smallest absolute Gasteiger partial charge is 0.254 e. The number of carbonyl (C=O) groups excluding carboxylic acids is 2. The quantitative estimate of drug-likeness (QED) is 0.726. The molecule has 0 aliphatic carbocycles. The average Bonchev–Trinajstić information content (AvgIpc) is 2.71. The summed E-state index contributed by atoms with van der Waals surface area (Å²) in [6, 6.07) is 12.7. The number of nitrogens with zero attached hydrogens (tertiary/aromatic N) is 2. The van der Waals surface area contributed by atoms with Gasteiger partial charge in [-0.15, -0.1) is 0 Å². The molecule has 30 heavy (non-hydrogen) atoms. The van der Waals surface area contributed by atoms with Gasteiger partial charge in [-0.1, -0.05) is 17.7 Å². The number of anilines is 2. The lowest BCUT2D eigenvalue weighted by molar-refractivity contribution is -0.114. The number of carbonyl (C=O) groups is 2. The topological polar surface area (TPSA) is 96.0 Å². The summed E-state index contributed by atoms with van der Waals surface area (Å²) in [7, 11) is -3.73. The fraction of sp³-hybridized carbons (Fsp3) is 0.300. The Morgan fingerprint density at radius 1 is 1.13 bits per heavy atom. The number of morpholine rings is 1. The Hall–Kier alpha value is -2.62. The molecule has 8 nitrogen and oxygen atoms in total. The van der Waals surface area contributed by atoms with E-state index in [1.807, 2.05) is 0 Å². The van der Waals surface area contributed by atoms with Crippen molar-refractivity contribution in [3.05, 3.63) is 59.1 Å². The van der Waals surface area contributed by atoms with Crippen molar-refractivity contribution < 1.29 is 22.7 Å². The van der Waals surface area contributed by atoms with E-state index in [0.29, 0.717) is 42.6 Å². The minimum Gasteiger partial charge on any atom is -0.378 e. The molecule has 1 saturated heterocycles. The summed E-state index contributed by atoms with van der Waals surface area (Å²) < 4.78 is 30.8. The Balaban J connectivity index is 1.73. The Kier molecular flexibility index (Phi) is 6.96. The third kappa shape index (κ3) is 5.71. The Bertz CT molecular complexity index is 1020. The van der Waals surface area contributed by atoms with Gasteiger partial charge in [0.15, 0.2) is 0 Å². The summed E-state index contributed by atoms with van der Waals surface area (Å²) in [4.78, 5) is 26.6. The molecule has 0 spiro atoms. The van der Waals surface area contributed by atoms with Crippen molar-refractivity contribution in [3.8, 4) is 0 Å². The molecule has 0 atom stereocenters. The molecule has 2 aromatic carbocycles. The van der Waals surface area contributed by atoms with Crippen molar-refractivity contribution in [1.82, 2.24) is 4.90 Å². The Morgan fingerprint density at radius 2 is 1.80 bits per heavy atom. The maximum absolute atomic E-state index is 12.5. The van der Waals surface area contributed by atoms with Crippen LogP contribution in [0, 0.1) is 0 Å². The van der Waals surface area contributed by atoms with Crippen LogP contribution in [0.1, 0.15) is 10.4 Å². The molecule has 2 amide bonds. The molecule has 1 aliphatic heterocycles. The fourth-order valence-electron chi connectivity index (χ4n) is 3.02. The van der Waals surface area contributed by atoms with Gasteiger partial charge in [0.25, 0.3) is 5.91 Å². The van der Waals surface area contributed by atoms with Crippen LogP contribution in [0.25, 0.3) is 0 Å². The molecule has 3 rings (SSSR count). The monoisotopic (exact) mass is 451 g/mol. The SMILES string of the molecule is CS(=O)(=O)N(CC(=O)Nc1cccc(Cl)c1)c1ccc(C(=O)N2CCOCC2)cc1. The molecule has 160 valence electrons. The zero-order valence-electron chi connectivity index (χ0n) is 16.4. The van der Waals surface area contributed by atoms with Crippen LogP contribution in [-0.4, -0.2) is 64.2 Å². The second kappa shape index (κ2) is 9.46. The van der Waals surface area contributed by atoms with Gasteiger partial charge < -0.3 is 15.0 Å². The van der Waals surface area contributed by atoms with Gasteiger partial charge in [0.05, 0.1) is 25.2 Å². The minimum atomic E-state index is -3.73. The summed E-state index contributed by atoms with van der Waals surface area (Å²) in [6.45, 7) is 1.60. The molecule has 0 unspecified atom stereocenters. The maximum Gasteiger partial charge on any atom is 0.254 e. The number of hydrogen-bond acceptors (Lipinski definition) is 5. The highest BCUT2D eigenvalue weighted by Crippen LogP contribution is 2.20. The highest BCUT2D eigenvalue weighted by atomic mass is 35.5. The van der Waals surface area contributed by atoms with Gasteiger partial charge in [-0.3, -0.25) is 13.9 Å². The van der Waals surface area contributed by atoms with E-state index in [9.17, 15) is 18.0 Å². The van der Waals surface area contributed by atoms with Gasteiger partial charge in [0.1, 0.15) is 6.54 Å². The van der Waals surface area contributed by atoms with Crippen LogP contribution in [0.4, 0.5) is 11.4 Å². The third-order valence-electron chi connectivity index (χ3n) is 4.50. The summed E-state index contributed by atoms with van der Waals surface area (Å²) >= 11 is 5.90. The molecular formula is C20H22ClN3O5S. The molecule has 1 N–H and O–H groups in total. The van der Waals surface area contributed by atoms with Crippen LogP contribution in [0.5, 0.6) is 0 Å². The zero-order chi connectivity index (χ0) is 21.7. The average molecular weight is 452 g/mol. The van der Waals surface area contributed by atoms with Crippen molar-refractivity contribution in [2.75, 3.05) is 48.7 Å². The Labute approximate surface area is 180 Å². The number of hydrogen-bond donors (Lipinski definition) is 1. The van der Waals surface area contributed by atoms with E-state index in [-0.39, 0.29) is 11.6 Å². The number of sulfonamides is 1. The molecule has 0 radical (unpaired) electrons. The van der Waals surface area contributed by atoms with E-state index in [2.05, 4.69) is 5.32 Å². The van der Waals surface area contributed by atoms with Crippen molar-refractivity contribution in [2.45, 2.75) is 0 Å². The number of rotatable bonds is 6. The number of nitrogens with one attached hydrogen (secondary N) is 1. The van der Waals surface area contributed by atoms with E-state index >= 15 is 0 Å². The second-order valence-corrected chi connectivity index (χ2v) is 9.12. The Morgan fingerprint density at radius 3 is 2.40 bits per heavy atom. The third-order valence-corrected chi connectivity index (χ3v) is 5.87. The van der Waals surface area contributed by atoms with Gasteiger partial charge in [-0.2, -0.15) is 0 Å². The van der Waals surface area contributed by atoms with E-state index in [0.717, 1.165) is 10.6 Å². The molecule has 1 heterocycles. The second-order valence-electron chi connectivity index (χ2n) is 6.78. The largest absolute Gasteiger partial charge is 0.378 e. The van der Waals surface area contributed by atoms with E-state index in [4.69, 9.17) is 16.3 Å². The lowest BCUT2D eigenvalue weighted by Gasteiger charge is -2.27. The van der Waals surface area contributed by atoms with Crippen LogP contribution in [-0.2, 0) is 19.6 Å². The number of benzene rings is 2. The minimum absolute atomic E-state index is 0.144. The molecular weight excluding hydrogens is 430 g/mol. The highest BCUT2D eigenvalue weighted by Gasteiger charge is 2.23. The predicted molar refractivity (Wildman–Crippen MR) is 115 cm³/mol. The van der Waals surface area contributed by atoms with E-state index in [1.165, 1.54) is 12.1 Å². The predicted octanol–water partition coefficient (Wildman–Crippen LogP) is 2.22. The fourth-order valence-corrected chi connectivity index (χ4v) is 4.06. The maximum atomic E-state index is 12.5.